The minimum absolute atomic E-state index is 0.0835. The molecule has 2 aromatic rings. The normalized spacial score (nSPS) is 13.9. The number of Topliss-reactive ketones (excluding diaryl/α,β-unsaturated/α-hetero) is 1. The summed E-state index contributed by atoms with van der Waals surface area (Å²) in [5.41, 5.74) is -1.08. The van der Waals surface area contributed by atoms with Gasteiger partial charge in [-0.3, -0.25) is 24.0 Å². The molecule has 50 heavy (non-hydrogen) atoms. The van der Waals surface area contributed by atoms with Crippen molar-refractivity contribution in [3.63, 3.8) is 0 Å². The van der Waals surface area contributed by atoms with Gasteiger partial charge in [0.25, 0.3) is 11.8 Å². The first-order chi connectivity index (χ1) is 23.1. The van der Waals surface area contributed by atoms with Crippen molar-refractivity contribution in [3.05, 3.63) is 63.6 Å². The number of rotatable bonds is 16. The van der Waals surface area contributed by atoms with Crippen LogP contribution in [0.25, 0.3) is 0 Å². The molecule has 0 aliphatic carbocycles. The number of nitrogens with one attached hydrogen (secondary N) is 4. The number of hydrogen-bond acceptors (Lipinski definition) is 7. The molecule has 3 atom stereocenters. The minimum Gasteiger partial charge on any atom is -0.497 e. The summed E-state index contributed by atoms with van der Waals surface area (Å²) in [6, 6.07) is 2.00. The molecule has 0 unspecified atom stereocenters. The molecule has 11 nitrogen and oxygen atoms in total. The van der Waals surface area contributed by atoms with E-state index < -0.39 is 95.2 Å². The summed E-state index contributed by atoms with van der Waals surface area (Å²) in [5.74, 6) is -19.9. The topological polar surface area (TPSA) is 152 Å². The van der Waals surface area contributed by atoms with Gasteiger partial charge in [0, 0.05) is 12.1 Å². The number of hydrogen-bond donors (Lipinski definition) is 4. The molecule has 0 bridgehead atoms. The van der Waals surface area contributed by atoms with E-state index in [0.717, 1.165) is 24.6 Å². The number of ketones is 1. The summed E-state index contributed by atoms with van der Waals surface area (Å²) in [4.78, 5) is 64.3. The number of methoxy groups -OCH3 is 2. The monoisotopic (exact) mass is 762 g/mol. The highest BCUT2D eigenvalue weighted by Crippen LogP contribution is 2.35. The summed E-state index contributed by atoms with van der Waals surface area (Å²) >= 11 is 11.6. The lowest BCUT2D eigenvalue weighted by atomic mass is 9.94. The molecule has 0 aliphatic heterocycles. The standard InChI is InChI=1S/C30H31Cl2F7N4O7/c1-14(2)21(23(44)30(38,39)26(47)40-13-28(33,34)35)42-25(46)22(15-5-8-17(50-4)9-6-15)43-24(45)20(12-49-3)41-27(48)29(36,37)18-11-16(31)7-10-19(18)32/h5-11,14,20-22H,12-13H2,1-4H3,(H,40,47)(H,41,48)(H,42,46)(H,43,45)/t20-,21-,22-/m0/s1. The first-order valence-corrected chi connectivity index (χ1v) is 15.0. The quantitative estimate of drug-likeness (QED) is 0.149. The average Bonchev–Trinajstić information content (AvgIpc) is 3.04. The number of carbonyl (C=O) groups is 5. The van der Waals surface area contributed by atoms with Gasteiger partial charge in [0.15, 0.2) is 0 Å². The molecule has 0 radical (unpaired) electrons. The largest absolute Gasteiger partial charge is 0.497 e. The third kappa shape index (κ3) is 10.9. The van der Waals surface area contributed by atoms with Crippen LogP contribution < -0.4 is 26.0 Å². The first kappa shape index (κ1) is 42.0. The third-order valence-electron chi connectivity index (χ3n) is 6.80. The van der Waals surface area contributed by atoms with E-state index in [-0.39, 0.29) is 16.3 Å². The van der Waals surface area contributed by atoms with Crippen molar-refractivity contribution in [2.45, 2.75) is 50.0 Å². The summed E-state index contributed by atoms with van der Waals surface area (Å²) in [6.07, 6.45) is -5.08. The molecule has 276 valence electrons. The molecule has 4 amide bonds. The second-order valence-corrected chi connectivity index (χ2v) is 11.7. The van der Waals surface area contributed by atoms with Crippen molar-refractivity contribution in [3.8, 4) is 5.75 Å². The van der Waals surface area contributed by atoms with Crippen molar-refractivity contribution in [1.29, 1.82) is 0 Å². The molecule has 20 heteroatoms. The molecule has 0 saturated heterocycles. The second kappa shape index (κ2) is 17.2. The fourth-order valence-electron chi connectivity index (χ4n) is 4.17. The summed E-state index contributed by atoms with van der Waals surface area (Å²) < 4.78 is 107. The predicted molar refractivity (Wildman–Crippen MR) is 164 cm³/mol. The van der Waals surface area contributed by atoms with Crippen molar-refractivity contribution >= 4 is 52.6 Å². The Hall–Kier alpha value is -4.16. The predicted octanol–water partition coefficient (Wildman–Crippen LogP) is 4.11. The van der Waals surface area contributed by atoms with Gasteiger partial charge >= 0.3 is 18.0 Å². The SMILES string of the molecule is COC[C@H](NC(=O)C(F)(F)c1cc(Cl)ccc1Cl)C(=O)N[C@H](C(=O)N[C@H](C(=O)C(F)(F)C(=O)NCC(F)(F)F)C(C)C)c1ccc(OC)cc1. The Morgan fingerprint density at radius 1 is 0.800 bits per heavy atom. The van der Waals surface area contributed by atoms with Crippen LogP contribution in [0.1, 0.15) is 31.0 Å². The number of halogens is 9. The lowest BCUT2D eigenvalue weighted by Crippen LogP contribution is -2.59. The van der Waals surface area contributed by atoms with Crippen LogP contribution >= 0.6 is 23.2 Å². The zero-order valence-corrected chi connectivity index (χ0v) is 28.0. The summed E-state index contributed by atoms with van der Waals surface area (Å²) in [7, 11) is 2.35. The molecule has 0 aliphatic rings. The number of carbonyl (C=O) groups excluding carboxylic acids is 5. The van der Waals surface area contributed by atoms with E-state index >= 15 is 8.78 Å². The Bertz CT molecular complexity index is 1560. The van der Waals surface area contributed by atoms with Gasteiger partial charge in [0.05, 0.1) is 30.3 Å². The Labute approximate surface area is 290 Å². The number of benzene rings is 2. The molecule has 0 spiro atoms. The van der Waals surface area contributed by atoms with Gasteiger partial charge in [-0.1, -0.05) is 49.2 Å². The molecule has 2 aromatic carbocycles. The summed E-state index contributed by atoms with van der Waals surface area (Å²) in [6.45, 7) is -0.565. The minimum atomic E-state index is -5.08. The van der Waals surface area contributed by atoms with E-state index in [9.17, 15) is 45.9 Å². The van der Waals surface area contributed by atoms with Crippen molar-refractivity contribution < 1.29 is 64.2 Å². The van der Waals surface area contributed by atoms with Gasteiger partial charge in [-0.25, -0.2) is 0 Å². The zero-order valence-electron chi connectivity index (χ0n) is 26.5. The van der Waals surface area contributed by atoms with E-state index in [2.05, 4.69) is 5.32 Å². The van der Waals surface area contributed by atoms with Crippen molar-refractivity contribution in [2.24, 2.45) is 5.92 Å². The van der Waals surface area contributed by atoms with E-state index in [4.69, 9.17) is 32.7 Å². The van der Waals surface area contributed by atoms with Crippen LogP contribution in [0.4, 0.5) is 30.7 Å². The average molecular weight is 763 g/mol. The second-order valence-electron chi connectivity index (χ2n) is 10.9. The van der Waals surface area contributed by atoms with Gasteiger partial charge < -0.3 is 30.7 Å². The van der Waals surface area contributed by atoms with Gasteiger partial charge in [-0.15, -0.1) is 0 Å². The molecule has 2 rings (SSSR count). The Morgan fingerprint density at radius 3 is 1.92 bits per heavy atom. The smallest absolute Gasteiger partial charge is 0.405 e. The third-order valence-corrected chi connectivity index (χ3v) is 7.36. The molecule has 0 saturated carbocycles. The molecule has 0 aromatic heterocycles. The van der Waals surface area contributed by atoms with Crippen LogP contribution in [0.3, 0.4) is 0 Å². The number of ether oxygens (including phenoxy) is 2. The van der Waals surface area contributed by atoms with E-state index in [0.29, 0.717) is 0 Å². The maximum absolute atomic E-state index is 15.2. The summed E-state index contributed by atoms with van der Waals surface area (Å²) in [5, 5.41) is 6.13. The van der Waals surface area contributed by atoms with Crippen LogP contribution in [-0.2, 0) is 34.6 Å². The fourth-order valence-corrected chi connectivity index (χ4v) is 4.58. The van der Waals surface area contributed by atoms with Crippen LogP contribution in [0.2, 0.25) is 10.0 Å². The van der Waals surface area contributed by atoms with E-state index in [1.807, 2.05) is 5.32 Å². The van der Waals surface area contributed by atoms with Crippen LogP contribution in [0, 0.1) is 5.92 Å². The molecule has 4 N–H and O–H groups in total. The Balaban J connectivity index is 2.43. The molecular formula is C30H31Cl2F7N4O7. The fraction of sp³-hybridized carbons (Fsp3) is 0.433. The van der Waals surface area contributed by atoms with E-state index in [1.165, 1.54) is 51.3 Å². The van der Waals surface area contributed by atoms with Crippen LogP contribution in [0.5, 0.6) is 5.75 Å². The maximum Gasteiger partial charge on any atom is 0.405 e. The Morgan fingerprint density at radius 2 is 1.40 bits per heavy atom. The van der Waals surface area contributed by atoms with Crippen molar-refractivity contribution in [1.82, 2.24) is 21.3 Å². The first-order valence-electron chi connectivity index (χ1n) is 14.2. The number of amides is 4. The molecular weight excluding hydrogens is 732 g/mol. The maximum atomic E-state index is 15.2. The highest BCUT2D eigenvalue weighted by molar-refractivity contribution is 6.34. The van der Waals surface area contributed by atoms with Crippen LogP contribution in [-0.4, -0.2) is 81.0 Å². The molecule has 0 fully saturated rings. The zero-order chi connectivity index (χ0) is 38.2. The van der Waals surface area contributed by atoms with Gasteiger partial charge in [-0.2, -0.15) is 30.7 Å². The highest BCUT2D eigenvalue weighted by atomic mass is 35.5. The van der Waals surface area contributed by atoms with E-state index in [1.54, 1.807) is 5.32 Å². The molecule has 0 heterocycles. The highest BCUT2D eigenvalue weighted by Gasteiger charge is 2.52. The lowest BCUT2D eigenvalue weighted by molar-refractivity contribution is -0.165. The Kier molecular flexibility index (Phi) is 14.4. The van der Waals surface area contributed by atoms with Crippen molar-refractivity contribution in [2.75, 3.05) is 27.4 Å². The van der Waals surface area contributed by atoms with Gasteiger partial charge in [0.1, 0.15) is 24.4 Å². The lowest BCUT2D eigenvalue weighted by Gasteiger charge is -2.29. The van der Waals surface area contributed by atoms with Gasteiger partial charge in [0.2, 0.25) is 17.6 Å². The van der Waals surface area contributed by atoms with Crippen LogP contribution in [0.15, 0.2) is 42.5 Å². The number of alkyl halides is 7. The van der Waals surface area contributed by atoms with Gasteiger partial charge in [-0.05, 0) is 41.8 Å².